The molecule has 0 aromatic rings. The Morgan fingerprint density at radius 1 is 2.00 bits per heavy atom. The Labute approximate surface area is 31.2 Å². The van der Waals surface area contributed by atoms with E-state index in [9.17, 15) is 4.57 Å². The highest BCUT2D eigenvalue weighted by atomic mass is 35.5. The van der Waals surface area contributed by atoms with Gasteiger partial charge in [-0.15, -0.1) is 11.6 Å². The summed E-state index contributed by atoms with van der Waals surface area (Å²) in [6.45, 7) is 0. The van der Waals surface area contributed by atoms with Crippen molar-refractivity contribution in [3.8, 4) is 0 Å². The van der Waals surface area contributed by atoms with Gasteiger partial charge in [-0.25, -0.2) is 0 Å². The van der Waals surface area contributed by atoms with E-state index in [0.29, 0.717) is 0 Å². The van der Waals surface area contributed by atoms with Crippen molar-refractivity contribution in [1.29, 1.82) is 0 Å². The molecule has 0 fully saturated rings. The first-order valence-electron chi connectivity index (χ1n) is 0.825. The summed E-state index contributed by atoms with van der Waals surface area (Å²) in [5.74, 6) is 0. The third-order valence-corrected chi connectivity index (χ3v) is 0.491. The van der Waals surface area contributed by atoms with Crippen molar-refractivity contribution in [2.45, 2.75) is 0 Å². The molecule has 0 aromatic carbocycles. The molecule has 0 aliphatic carbocycles. The van der Waals surface area contributed by atoms with Crippen molar-refractivity contribution in [2.75, 3.05) is 5.62 Å². The minimum Gasteiger partial charge on any atom is -0.289 e. The smallest absolute Gasteiger partial charge is 0.0900 e. The molecule has 1 radical (unpaired) electrons. The molecule has 0 saturated heterocycles. The normalized spacial score (nSPS) is 8.25. The zero-order chi connectivity index (χ0) is 3.41. The number of halogens is 1. The molecule has 0 rings (SSSR count). The molecule has 0 heterocycles. The van der Waals surface area contributed by atoms with Gasteiger partial charge in [0.05, 0.1) is 14.1 Å². The van der Waals surface area contributed by atoms with E-state index in [0.717, 1.165) is 0 Å². The molecule has 3 heteroatoms. The summed E-state index contributed by atoms with van der Waals surface area (Å²) >= 11 is 4.89. The van der Waals surface area contributed by atoms with Crippen molar-refractivity contribution < 1.29 is 4.57 Å². The van der Waals surface area contributed by atoms with E-state index < -0.39 is 0 Å². The lowest BCUT2D eigenvalue weighted by Gasteiger charge is -1.50. The van der Waals surface area contributed by atoms with Crippen LogP contribution < -0.4 is 0 Å². The molecular formula is CH3ClOP. The lowest BCUT2D eigenvalue weighted by Crippen LogP contribution is -1.29. The van der Waals surface area contributed by atoms with E-state index in [2.05, 4.69) is 0 Å². The fourth-order valence-electron chi connectivity index (χ4n) is 0. The van der Waals surface area contributed by atoms with Gasteiger partial charge in [0.15, 0.2) is 0 Å². The van der Waals surface area contributed by atoms with Crippen molar-refractivity contribution in [2.24, 2.45) is 0 Å². The molecule has 0 aliphatic heterocycles. The Morgan fingerprint density at radius 2 is 2.25 bits per heavy atom. The van der Waals surface area contributed by atoms with Crippen LogP contribution in [-0.4, -0.2) is 5.62 Å². The summed E-state index contributed by atoms with van der Waals surface area (Å²) in [7, 11) is -0.344. The van der Waals surface area contributed by atoms with Crippen LogP contribution in [0.5, 0.6) is 0 Å². The highest BCUT2D eigenvalue weighted by Crippen LogP contribution is 1.90. The Morgan fingerprint density at radius 3 is 2.25 bits per heavy atom. The monoisotopic (exact) mass is 97.0 g/mol. The Hall–Kier alpha value is 0.390. The van der Waals surface area contributed by atoms with Crippen LogP contribution in [0.15, 0.2) is 0 Å². The third kappa shape index (κ3) is 2.39. The highest BCUT2D eigenvalue weighted by Gasteiger charge is 1.54. The van der Waals surface area contributed by atoms with Gasteiger partial charge in [0.25, 0.3) is 0 Å². The summed E-state index contributed by atoms with van der Waals surface area (Å²) in [5.41, 5.74) is 0.264. The lowest BCUT2D eigenvalue weighted by atomic mass is 11.9. The van der Waals surface area contributed by atoms with Gasteiger partial charge < -0.3 is 0 Å². The quantitative estimate of drug-likeness (QED) is 0.355. The molecule has 0 saturated carbocycles. The van der Waals surface area contributed by atoms with E-state index >= 15 is 0 Å². The van der Waals surface area contributed by atoms with E-state index in [1.165, 1.54) is 0 Å². The van der Waals surface area contributed by atoms with Gasteiger partial charge in [0.1, 0.15) is 0 Å². The predicted molar refractivity (Wildman–Crippen MR) is 19.7 cm³/mol. The molecule has 1 atom stereocenters. The fraction of sp³-hybridized carbons (Fsp3) is 1.00. The van der Waals surface area contributed by atoms with Crippen LogP contribution in [0, 0.1) is 0 Å². The number of hydrogen-bond acceptors (Lipinski definition) is 1. The standard InChI is InChI=1S/CH3ClOP/c2-1-4-3/h4H,1H2. The summed E-state index contributed by atoms with van der Waals surface area (Å²) in [6.07, 6.45) is 0. The maximum Gasteiger partial charge on any atom is 0.0900 e. The molecule has 4 heavy (non-hydrogen) atoms. The van der Waals surface area contributed by atoms with Gasteiger partial charge in [-0.3, -0.25) is 4.57 Å². The number of alkyl halides is 1. The summed E-state index contributed by atoms with van der Waals surface area (Å²) in [5, 5.41) is 0. The van der Waals surface area contributed by atoms with Gasteiger partial charge in [-0.1, -0.05) is 0 Å². The van der Waals surface area contributed by atoms with Gasteiger partial charge in [0, 0.05) is 0 Å². The van der Waals surface area contributed by atoms with Crippen LogP contribution >= 0.6 is 20.1 Å². The number of rotatable bonds is 1. The van der Waals surface area contributed by atoms with Crippen LogP contribution in [-0.2, 0) is 4.57 Å². The lowest BCUT2D eigenvalue weighted by molar-refractivity contribution is 0.601. The van der Waals surface area contributed by atoms with Gasteiger partial charge in [-0.05, 0) is 0 Å². The van der Waals surface area contributed by atoms with Crippen LogP contribution in [0.4, 0.5) is 0 Å². The van der Waals surface area contributed by atoms with Crippen LogP contribution in [0.1, 0.15) is 0 Å². The zero-order valence-electron chi connectivity index (χ0n) is 1.99. The number of hydrogen-bond donors (Lipinski definition) is 0. The molecular weight excluding hydrogens is 94.4 g/mol. The fourth-order valence-corrected chi connectivity index (χ4v) is 0. The van der Waals surface area contributed by atoms with Gasteiger partial charge in [-0.2, -0.15) is 0 Å². The van der Waals surface area contributed by atoms with E-state index in [1.807, 2.05) is 0 Å². The summed E-state index contributed by atoms with van der Waals surface area (Å²) in [4.78, 5) is 0. The molecule has 25 valence electrons. The second-order valence-electron chi connectivity index (χ2n) is 0.278. The third-order valence-electron chi connectivity index (χ3n) is 0.0546. The summed E-state index contributed by atoms with van der Waals surface area (Å²) in [6, 6.07) is 0. The molecule has 0 amide bonds. The molecule has 0 aliphatic rings. The Balaban J connectivity index is 2.30. The van der Waals surface area contributed by atoms with Crippen molar-refractivity contribution >= 4 is 20.1 Å². The molecule has 1 unspecified atom stereocenters. The second kappa shape index (κ2) is 3.39. The van der Waals surface area contributed by atoms with Crippen molar-refractivity contribution in [3.05, 3.63) is 0 Å². The van der Waals surface area contributed by atoms with E-state index in [1.54, 1.807) is 0 Å². The molecule has 1 nitrogen and oxygen atoms in total. The average Bonchev–Trinajstić information content (AvgIpc) is 1.37. The predicted octanol–water partition coefficient (Wildman–Crippen LogP) is 1.21. The Bertz CT molecular complexity index is 22.0. The van der Waals surface area contributed by atoms with E-state index in [-0.39, 0.29) is 14.1 Å². The maximum absolute atomic E-state index is 9.19. The second-order valence-corrected chi connectivity index (χ2v) is 1.64. The summed E-state index contributed by atoms with van der Waals surface area (Å²) < 4.78 is 9.19. The minimum atomic E-state index is -0.344. The molecule has 0 aromatic heterocycles. The average molecular weight is 97.5 g/mol. The van der Waals surface area contributed by atoms with Crippen LogP contribution in [0.3, 0.4) is 0 Å². The molecule has 0 spiro atoms. The van der Waals surface area contributed by atoms with Gasteiger partial charge in [0.2, 0.25) is 0 Å². The first-order valence-corrected chi connectivity index (χ1v) is 2.47. The molecule has 0 bridgehead atoms. The molecule has 0 N–H and O–H groups in total. The zero-order valence-corrected chi connectivity index (χ0v) is 3.75. The Kier molecular flexibility index (Phi) is 3.72. The SMILES string of the molecule is O=[PH]CCl. The van der Waals surface area contributed by atoms with Crippen molar-refractivity contribution in [3.63, 3.8) is 0 Å². The maximum atomic E-state index is 9.19. The first-order chi connectivity index (χ1) is 1.91. The van der Waals surface area contributed by atoms with Crippen LogP contribution in [0.25, 0.3) is 0 Å². The highest BCUT2D eigenvalue weighted by molar-refractivity contribution is 7.26. The topological polar surface area (TPSA) is 17.1 Å². The van der Waals surface area contributed by atoms with Crippen LogP contribution in [0.2, 0.25) is 0 Å². The van der Waals surface area contributed by atoms with Crippen molar-refractivity contribution in [1.82, 2.24) is 0 Å². The van der Waals surface area contributed by atoms with E-state index in [4.69, 9.17) is 11.6 Å². The first kappa shape index (κ1) is 4.39. The largest absolute Gasteiger partial charge is 0.289 e. The van der Waals surface area contributed by atoms with Gasteiger partial charge >= 0.3 is 0 Å². The minimum absolute atomic E-state index is 0.264.